The SMILES string of the molecule is CN(CC1CC(O)C1)C(=O)c1ccc(-n2cncn2)nc1. The molecule has 1 aliphatic rings. The van der Waals surface area contributed by atoms with Gasteiger partial charge in [-0.25, -0.2) is 14.6 Å². The molecule has 0 bridgehead atoms. The minimum Gasteiger partial charge on any atom is -0.393 e. The number of pyridine rings is 1. The number of rotatable bonds is 4. The molecule has 3 rings (SSSR count). The van der Waals surface area contributed by atoms with E-state index in [1.807, 2.05) is 0 Å². The summed E-state index contributed by atoms with van der Waals surface area (Å²) < 4.78 is 1.54. The van der Waals surface area contributed by atoms with Crippen molar-refractivity contribution in [3.63, 3.8) is 0 Å². The second-order valence-corrected chi connectivity index (χ2v) is 5.42. The van der Waals surface area contributed by atoms with E-state index in [2.05, 4.69) is 15.1 Å². The molecule has 21 heavy (non-hydrogen) atoms. The van der Waals surface area contributed by atoms with E-state index in [4.69, 9.17) is 0 Å². The van der Waals surface area contributed by atoms with Gasteiger partial charge in [0, 0.05) is 19.8 Å². The topological polar surface area (TPSA) is 84.1 Å². The fourth-order valence-corrected chi connectivity index (χ4v) is 2.51. The summed E-state index contributed by atoms with van der Waals surface area (Å²) in [5.74, 6) is 0.958. The van der Waals surface area contributed by atoms with Crippen LogP contribution < -0.4 is 0 Å². The Morgan fingerprint density at radius 3 is 2.86 bits per heavy atom. The molecule has 110 valence electrons. The van der Waals surface area contributed by atoms with Crippen molar-refractivity contribution in [2.75, 3.05) is 13.6 Å². The lowest BCUT2D eigenvalue weighted by Gasteiger charge is -2.34. The number of nitrogens with zero attached hydrogens (tertiary/aromatic N) is 5. The molecule has 1 aliphatic carbocycles. The molecule has 0 unspecified atom stereocenters. The second-order valence-electron chi connectivity index (χ2n) is 5.42. The highest BCUT2D eigenvalue weighted by atomic mass is 16.3. The lowest BCUT2D eigenvalue weighted by Crippen LogP contribution is -2.39. The van der Waals surface area contributed by atoms with Crippen molar-refractivity contribution in [3.8, 4) is 5.82 Å². The molecule has 7 heteroatoms. The first-order chi connectivity index (χ1) is 10.1. The third kappa shape index (κ3) is 2.92. The summed E-state index contributed by atoms with van der Waals surface area (Å²) in [7, 11) is 1.78. The molecule has 0 atom stereocenters. The molecule has 2 heterocycles. The van der Waals surface area contributed by atoms with Crippen LogP contribution in [-0.4, -0.2) is 55.4 Å². The molecule has 1 amide bonds. The Morgan fingerprint density at radius 2 is 2.29 bits per heavy atom. The van der Waals surface area contributed by atoms with Crippen LogP contribution in [0.5, 0.6) is 0 Å². The Bertz CT molecular complexity index is 605. The molecule has 0 aromatic carbocycles. The van der Waals surface area contributed by atoms with Crippen LogP contribution in [0.2, 0.25) is 0 Å². The van der Waals surface area contributed by atoms with Crippen LogP contribution in [0, 0.1) is 5.92 Å². The highest BCUT2D eigenvalue weighted by Gasteiger charge is 2.29. The average Bonchev–Trinajstić information content (AvgIpc) is 2.99. The highest BCUT2D eigenvalue weighted by Crippen LogP contribution is 2.27. The van der Waals surface area contributed by atoms with Gasteiger partial charge in [0.1, 0.15) is 12.7 Å². The Kier molecular flexibility index (Phi) is 3.66. The van der Waals surface area contributed by atoms with Crippen LogP contribution in [0.25, 0.3) is 5.82 Å². The lowest BCUT2D eigenvalue weighted by atomic mass is 9.82. The van der Waals surface area contributed by atoms with E-state index >= 15 is 0 Å². The molecule has 2 aromatic rings. The van der Waals surface area contributed by atoms with Crippen LogP contribution >= 0.6 is 0 Å². The number of hydrogen-bond donors (Lipinski definition) is 1. The summed E-state index contributed by atoms with van der Waals surface area (Å²) in [6, 6.07) is 3.47. The summed E-state index contributed by atoms with van der Waals surface area (Å²) in [6.07, 6.45) is 5.90. The molecule has 0 radical (unpaired) electrons. The molecule has 0 saturated heterocycles. The third-order valence-electron chi connectivity index (χ3n) is 3.74. The summed E-state index contributed by atoms with van der Waals surface area (Å²) in [5, 5.41) is 13.3. The fourth-order valence-electron chi connectivity index (χ4n) is 2.51. The smallest absolute Gasteiger partial charge is 0.255 e. The molecule has 1 fully saturated rings. The molecule has 2 aromatic heterocycles. The predicted molar refractivity (Wildman–Crippen MR) is 74.8 cm³/mol. The van der Waals surface area contributed by atoms with Gasteiger partial charge in [-0.15, -0.1) is 0 Å². The number of amides is 1. The lowest BCUT2D eigenvalue weighted by molar-refractivity contribution is 0.0265. The van der Waals surface area contributed by atoms with Gasteiger partial charge >= 0.3 is 0 Å². The monoisotopic (exact) mass is 287 g/mol. The Hall–Kier alpha value is -2.28. The zero-order chi connectivity index (χ0) is 14.8. The minimum absolute atomic E-state index is 0.0611. The van der Waals surface area contributed by atoms with E-state index in [0.29, 0.717) is 23.8 Å². The van der Waals surface area contributed by atoms with Gasteiger partial charge in [-0.2, -0.15) is 5.10 Å². The van der Waals surface area contributed by atoms with Crippen LogP contribution in [-0.2, 0) is 0 Å². The van der Waals surface area contributed by atoms with E-state index in [1.165, 1.54) is 11.0 Å². The van der Waals surface area contributed by atoms with Gasteiger partial charge in [-0.1, -0.05) is 0 Å². The van der Waals surface area contributed by atoms with Crippen molar-refractivity contribution in [1.82, 2.24) is 24.6 Å². The number of hydrogen-bond acceptors (Lipinski definition) is 5. The summed E-state index contributed by atoms with van der Waals surface area (Å²) in [6.45, 7) is 0.667. The molecule has 0 aliphatic heterocycles. The predicted octanol–water partition coefficient (Wildman–Crippen LogP) is 0.505. The maximum atomic E-state index is 12.3. The zero-order valence-electron chi connectivity index (χ0n) is 11.8. The number of carbonyl (C=O) groups excluding carboxylic acids is 1. The van der Waals surface area contributed by atoms with Crippen LogP contribution in [0.1, 0.15) is 23.2 Å². The van der Waals surface area contributed by atoms with Crippen LogP contribution in [0.4, 0.5) is 0 Å². The van der Waals surface area contributed by atoms with Gasteiger partial charge in [-0.3, -0.25) is 4.79 Å². The number of aliphatic hydroxyl groups is 1. The molecule has 1 saturated carbocycles. The quantitative estimate of drug-likeness (QED) is 0.885. The van der Waals surface area contributed by atoms with E-state index in [1.54, 1.807) is 36.6 Å². The van der Waals surface area contributed by atoms with Crippen molar-refractivity contribution >= 4 is 5.91 Å². The van der Waals surface area contributed by atoms with Gasteiger partial charge in [-0.05, 0) is 30.9 Å². The van der Waals surface area contributed by atoms with E-state index < -0.39 is 0 Å². The summed E-state index contributed by atoms with van der Waals surface area (Å²) >= 11 is 0. The van der Waals surface area contributed by atoms with Crippen molar-refractivity contribution in [2.45, 2.75) is 18.9 Å². The van der Waals surface area contributed by atoms with E-state index in [-0.39, 0.29) is 12.0 Å². The molecule has 7 nitrogen and oxygen atoms in total. The fraction of sp³-hybridized carbons (Fsp3) is 0.429. The second kappa shape index (κ2) is 5.61. The van der Waals surface area contributed by atoms with Crippen molar-refractivity contribution in [2.24, 2.45) is 5.92 Å². The van der Waals surface area contributed by atoms with Crippen molar-refractivity contribution in [3.05, 3.63) is 36.5 Å². The molecule has 0 spiro atoms. The zero-order valence-corrected chi connectivity index (χ0v) is 11.8. The molecule has 1 N–H and O–H groups in total. The van der Waals surface area contributed by atoms with Crippen molar-refractivity contribution in [1.29, 1.82) is 0 Å². The maximum Gasteiger partial charge on any atom is 0.255 e. The Labute approximate surface area is 122 Å². The van der Waals surface area contributed by atoms with Gasteiger partial charge in [0.25, 0.3) is 5.91 Å². The van der Waals surface area contributed by atoms with Gasteiger partial charge < -0.3 is 10.0 Å². The first-order valence-corrected chi connectivity index (χ1v) is 6.88. The van der Waals surface area contributed by atoms with Crippen LogP contribution in [0.3, 0.4) is 0 Å². The van der Waals surface area contributed by atoms with Gasteiger partial charge in [0.05, 0.1) is 11.7 Å². The maximum absolute atomic E-state index is 12.3. The van der Waals surface area contributed by atoms with Crippen molar-refractivity contribution < 1.29 is 9.90 Å². The van der Waals surface area contributed by atoms with Crippen LogP contribution in [0.15, 0.2) is 31.0 Å². The number of carbonyl (C=O) groups is 1. The van der Waals surface area contributed by atoms with Gasteiger partial charge in [0.2, 0.25) is 0 Å². The molecular formula is C14H17N5O2. The largest absolute Gasteiger partial charge is 0.393 e. The normalized spacial score (nSPS) is 20.9. The first kappa shape index (κ1) is 13.7. The molecular weight excluding hydrogens is 270 g/mol. The standard InChI is InChI=1S/C14H17N5O2/c1-18(7-10-4-12(20)5-10)14(21)11-2-3-13(16-6-11)19-9-15-8-17-19/h2-3,6,8-10,12,20H,4-5,7H2,1H3. The van der Waals surface area contributed by atoms with Gasteiger partial charge in [0.15, 0.2) is 5.82 Å². The highest BCUT2D eigenvalue weighted by molar-refractivity contribution is 5.93. The first-order valence-electron chi connectivity index (χ1n) is 6.88. The Morgan fingerprint density at radius 1 is 1.48 bits per heavy atom. The summed E-state index contributed by atoms with van der Waals surface area (Å²) in [4.78, 5) is 22.0. The average molecular weight is 287 g/mol. The minimum atomic E-state index is -0.192. The summed E-state index contributed by atoms with van der Waals surface area (Å²) in [5.41, 5.74) is 0.543. The third-order valence-corrected chi connectivity index (χ3v) is 3.74. The van der Waals surface area contributed by atoms with E-state index in [0.717, 1.165) is 12.8 Å². The van der Waals surface area contributed by atoms with E-state index in [9.17, 15) is 9.90 Å². The number of aliphatic hydroxyl groups excluding tert-OH is 1. The Balaban J connectivity index is 1.64. The number of aromatic nitrogens is 4.